The molecule has 0 aliphatic heterocycles. The molecule has 1 aromatic heterocycles. The molecule has 0 saturated heterocycles. The first-order valence-electron chi connectivity index (χ1n) is 8.84. The molecule has 3 aromatic carbocycles. The number of aromatic nitrogens is 2. The van der Waals surface area contributed by atoms with Crippen LogP contribution in [0, 0.1) is 11.6 Å². The van der Waals surface area contributed by atoms with Gasteiger partial charge in [0, 0.05) is 22.4 Å². The van der Waals surface area contributed by atoms with Crippen LogP contribution in [0.2, 0.25) is 5.02 Å². The van der Waals surface area contributed by atoms with Crippen molar-refractivity contribution in [2.75, 3.05) is 6.26 Å². The number of halogens is 3. The monoisotopic (exact) mass is 444 g/mol. The SMILES string of the molecule is CS(=O)(=O)c1ccc(-n2nc(-c3ccc(Cl)cc3)cc2-c2ccc(F)c(F)c2)cc1. The summed E-state index contributed by atoms with van der Waals surface area (Å²) in [5.74, 6) is -1.92. The Morgan fingerprint density at radius 3 is 2.07 bits per heavy atom. The van der Waals surface area contributed by atoms with Gasteiger partial charge in [-0.2, -0.15) is 5.10 Å². The van der Waals surface area contributed by atoms with E-state index in [0.717, 1.165) is 24.0 Å². The highest BCUT2D eigenvalue weighted by Crippen LogP contribution is 2.30. The third kappa shape index (κ3) is 3.99. The van der Waals surface area contributed by atoms with E-state index in [9.17, 15) is 17.2 Å². The summed E-state index contributed by atoms with van der Waals surface area (Å²) >= 11 is 5.96. The molecular formula is C22H15ClF2N2O2S. The van der Waals surface area contributed by atoms with E-state index < -0.39 is 21.5 Å². The van der Waals surface area contributed by atoms with Gasteiger partial charge in [-0.25, -0.2) is 21.9 Å². The van der Waals surface area contributed by atoms with Crippen molar-refractivity contribution in [3.05, 3.63) is 89.5 Å². The van der Waals surface area contributed by atoms with Gasteiger partial charge in [-0.05, 0) is 60.7 Å². The maximum atomic E-state index is 13.9. The zero-order valence-electron chi connectivity index (χ0n) is 15.7. The highest BCUT2D eigenvalue weighted by atomic mass is 35.5. The minimum absolute atomic E-state index is 0.172. The first kappa shape index (κ1) is 20.3. The fraction of sp³-hybridized carbons (Fsp3) is 0.0455. The van der Waals surface area contributed by atoms with Crippen molar-refractivity contribution in [3.8, 4) is 28.2 Å². The molecule has 0 spiro atoms. The van der Waals surface area contributed by atoms with Crippen LogP contribution in [0.15, 0.2) is 77.7 Å². The van der Waals surface area contributed by atoms with Gasteiger partial charge in [0.15, 0.2) is 21.5 Å². The number of hydrogen-bond acceptors (Lipinski definition) is 3. The zero-order valence-corrected chi connectivity index (χ0v) is 17.3. The summed E-state index contributed by atoms with van der Waals surface area (Å²) in [7, 11) is -3.35. The highest BCUT2D eigenvalue weighted by molar-refractivity contribution is 7.90. The summed E-state index contributed by atoms with van der Waals surface area (Å²) in [6, 6.07) is 18.6. The van der Waals surface area contributed by atoms with Crippen LogP contribution < -0.4 is 0 Å². The zero-order chi connectivity index (χ0) is 21.5. The van der Waals surface area contributed by atoms with Crippen LogP contribution >= 0.6 is 11.6 Å². The van der Waals surface area contributed by atoms with Gasteiger partial charge in [0.2, 0.25) is 0 Å². The van der Waals surface area contributed by atoms with E-state index in [-0.39, 0.29) is 4.90 Å². The van der Waals surface area contributed by atoms with E-state index in [1.807, 2.05) is 0 Å². The van der Waals surface area contributed by atoms with Crippen LogP contribution in [0.25, 0.3) is 28.2 Å². The van der Waals surface area contributed by atoms with E-state index in [2.05, 4.69) is 5.10 Å². The smallest absolute Gasteiger partial charge is 0.175 e. The maximum Gasteiger partial charge on any atom is 0.175 e. The second-order valence-corrected chi connectivity index (χ2v) is 9.18. The third-order valence-electron chi connectivity index (χ3n) is 4.57. The maximum absolute atomic E-state index is 13.9. The van der Waals surface area contributed by atoms with Crippen molar-refractivity contribution in [3.63, 3.8) is 0 Å². The summed E-state index contributed by atoms with van der Waals surface area (Å²) < 4.78 is 52.4. The Labute approximate surface area is 177 Å². The average molecular weight is 445 g/mol. The standard InChI is InChI=1S/C22H15ClF2N2O2S/c1-30(28,29)18-9-7-17(8-10-18)27-22(15-4-11-19(24)20(25)12-15)13-21(26-27)14-2-5-16(23)6-3-14/h2-13H,1H3. The molecule has 152 valence electrons. The second kappa shape index (κ2) is 7.66. The van der Waals surface area contributed by atoms with Crippen LogP contribution in [0.5, 0.6) is 0 Å². The number of hydrogen-bond donors (Lipinski definition) is 0. The lowest BCUT2D eigenvalue weighted by Gasteiger charge is -2.09. The van der Waals surface area contributed by atoms with Gasteiger partial charge in [0.25, 0.3) is 0 Å². The third-order valence-corrected chi connectivity index (χ3v) is 5.95. The predicted octanol–water partition coefficient (Wildman–Crippen LogP) is 5.54. The molecule has 0 radical (unpaired) electrons. The first-order valence-corrected chi connectivity index (χ1v) is 11.1. The van der Waals surface area contributed by atoms with E-state index in [4.69, 9.17) is 11.6 Å². The van der Waals surface area contributed by atoms with E-state index in [1.54, 1.807) is 47.1 Å². The topological polar surface area (TPSA) is 52.0 Å². The lowest BCUT2D eigenvalue weighted by atomic mass is 10.1. The van der Waals surface area contributed by atoms with Gasteiger partial charge in [-0.3, -0.25) is 0 Å². The van der Waals surface area contributed by atoms with Crippen LogP contribution in [0.4, 0.5) is 8.78 Å². The lowest BCUT2D eigenvalue weighted by Crippen LogP contribution is -2.02. The minimum Gasteiger partial charge on any atom is -0.232 e. The Balaban J connectivity index is 1.89. The number of rotatable bonds is 4. The van der Waals surface area contributed by atoms with Crippen molar-refractivity contribution in [2.24, 2.45) is 0 Å². The summed E-state index contributed by atoms with van der Waals surface area (Å²) in [5, 5.41) is 5.19. The molecule has 0 unspecified atom stereocenters. The minimum atomic E-state index is -3.35. The van der Waals surface area contributed by atoms with Gasteiger partial charge in [-0.15, -0.1) is 0 Å². The molecule has 1 heterocycles. The van der Waals surface area contributed by atoms with Crippen LogP contribution in [0.3, 0.4) is 0 Å². The molecule has 0 saturated carbocycles. The van der Waals surface area contributed by atoms with Gasteiger partial charge in [0.1, 0.15) is 0 Å². The fourth-order valence-corrected chi connectivity index (χ4v) is 3.79. The average Bonchev–Trinajstić information content (AvgIpc) is 3.15. The summed E-state index contributed by atoms with van der Waals surface area (Å²) in [4.78, 5) is 0.172. The molecule has 0 fully saturated rings. The molecule has 0 aliphatic rings. The molecule has 0 atom stereocenters. The van der Waals surface area contributed by atoms with Crippen molar-refractivity contribution < 1.29 is 17.2 Å². The quantitative estimate of drug-likeness (QED) is 0.415. The highest BCUT2D eigenvalue weighted by Gasteiger charge is 2.16. The Kier molecular flexibility index (Phi) is 5.17. The van der Waals surface area contributed by atoms with Crippen molar-refractivity contribution in [1.29, 1.82) is 0 Å². The molecule has 30 heavy (non-hydrogen) atoms. The van der Waals surface area contributed by atoms with Crippen LogP contribution in [0.1, 0.15) is 0 Å². The Morgan fingerprint density at radius 1 is 0.833 bits per heavy atom. The first-order chi connectivity index (χ1) is 14.2. The second-order valence-electron chi connectivity index (χ2n) is 6.73. The van der Waals surface area contributed by atoms with Crippen molar-refractivity contribution in [1.82, 2.24) is 9.78 Å². The number of nitrogens with zero attached hydrogens (tertiary/aromatic N) is 2. The van der Waals surface area contributed by atoms with Gasteiger partial charge in [0.05, 0.1) is 22.0 Å². The van der Waals surface area contributed by atoms with Gasteiger partial charge in [-0.1, -0.05) is 23.7 Å². The molecule has 8 heteroatoms. The number of sulfone groups is 1. The number of benzene rings is 3. The largest absolute Gasteiger partial charge is 0.232 e. The van der Waals surface area contributed by atoms with Gasteiger partial charge >= 0.3 is 0 Å². The van der Waals surface area contributed by atoms with E-state index in [1.165, 1.54) is 18.2 Å². The van der Waals surface area contributed by atoms with Crippen LogP contribution in [-0.4, -0.2) is 24.5 Å². The summed E-state index contributed by atoms with van der Waals surface area (Å²) in [5.41, 5.74) is 2.90. The molecule has 4 nitrogen and oxygen atoms in total. The molecule has 0 N–H and O–H groups in total. The van der Waals surface area contributed by atoms with Crippen molar-refractivity contribution >= 4 is 21.4 Å². The Hall–Kier alpha value is -3.03. The van der Waals surface area contributed by atoms with Gasteiger partial charge < -0.3 is 0 Å². The Bertz CT molecular complexity index is 1330. The fourth-order valence-electron chi connectivity index (χ4n) is 3.04. The van der Waals surface area contributed by atoms with Crippen LogP contribution in [-0.2, 0) is 9.84 Å². The molecule has 0 aliphatic carbocycles. The molecule has 0 amide bonds. The molecular weight excluding hydrogens is 430 g/mol. The normalized spacial score (nSPS) is 11.6. The summed E-state index contributed by atoms with van der Waals surface area (Å²) in [6.07, 6.45) is 1.13. The predicted molar refractivity (Wildman–Crippen MR) is 112 cm³/mol. The van der Waals surface area contributed by atoms with E-state index in [0.29, 0.717) is 27.7 Å². The summed E-state index contributed by atoms with van der Waals surface area (Å²) in [6.45, 7) is 0. The molecule has 4 aromatic rings. The molecule has 4 rings (SSSR count). The van der Waals surface area contributed by atoms with E-state index >= 15 is 0 Å². The Morgan fingerprint density at radius 2 is 1.47 bits per heavy atom. The lowest BCUT2D eigenvalue weighted by molar-refractivity contribution is 0.509. The molecule has 0 bridgehead atoms. The van der Waals surface area contributed by atoms with Crippen molar-refractivity contribution in [2.45, 2.75) is 4.90 Å².